The summed E-state index contributed by atoms with van der Waals surface area (Å²) in [6, 6.07) is 7.38. The average molecular weight is 274 g/mol. The van der Waals surface area contributed by atoms with Crippen LogP contribution in [-0.2, 0) is 18.3 Å². The van der Waals surface area contributed by atoms with E-state index in [1.165, 1.54) is 4.57 Å². The highest BCUT2D eigenvalue weighted by Crippen LogP contribution is 2.22. The van der Waals surface area contributed by atoms with E-state index in [4.69, 9.17) is 5.11 Å². The maximum absolute atomic E-state index is 11.8. The summed E-state index contributed by atoms with van der Waals surface area (Å²) in [5.74, 6) is -0.819. The molecule has 5 nitrogen and oxygen atoms in total. The number of carboxylic acid groups (broad SMARTS) is 1. The lowest BCUT2D eigenvalue weighted by Gasteiger charge is -2.19. The first-order chi connectivity index (χ1) is 9.31. The van der Waals surface area contributed by atoms with Crippen LogP contribution in [0.4, 0.5) is 0 Å². The van der Waals surface area contributed by atoms with E-state index in [1.807, 2.05) is 24.3 Å². The van der Waals surface area contributed by atoms with Gasteiger partial charge in [0.25, 0.3) is 0 Å². The molecule has 1 heterocycles. The lowest BCUT2D eigenvalue weighted by Crippen LogP contribution is -2.26. The van der Waals surface area contributed by atoms with E-state index in [0.29, 0.717) is 6.42 Å². The molecular formula is C15H18N2O3. The van der Waals surface area contributed by atoms with E-state index < -0.39 is 11.4 Å². The molecule has 20 heavy (non-hydrogen) atoms. The summed E-state index contributed by atoms with van der Waals surface area (Å²) in [5, 5.41) is 9.13. The lowest BCUT2D eigenvalue weighted by molar-refractivity contribution is -0.146. The van der Waals surface area contributed by atoms with E-state index in [9.17, 15) is 9.59 Å². The minimum absolute atomic E-state index is 0.108. The maximum atomic E-state index is 11.8. The Bertz CT molecular complexity index is 678. The Morgan fingerprint density at radius 3 is 2.25 bits per heavy atom. The van der Waals surface area contributed by atoms with Crippen molar-refractivity contribution in [1.82, 2.24) is 9.13 Å². The van der Waals surface area contributed by atoms with Crippen molar-refractivity contribution in [2.75, 3.05) is 0 Å². The first kappa shape index (κ1) is 14.1. The van der Waals surface area contributed by atoms with Gasteiger partial charge in [0.2, 0.25) is 0 Å². The predicted molar refractivity (Wildman–Crippen MR) is 76.1 cm³/mol. The SMILES string of the molecule is Cn1ccn(-c2ccc(CC(C)(C)C(=O)O)cc2)c1=O. The number of aliphatic carboxylic acids is 1. The molecule has 1 N–H and O–H groups in total. The highest BCUT2D eigenvalue weighted by Gasteiger charge is 2.27. The zero-order valence-electron chi connectivity index (χ0n) is 11.8. The number of hydrogen-bond acceptors (Lipinski definition) is 2. The number of benzene rings is 1. The zero-order valence-corrected chi connectivity index (χ0v) is 11.8. The van der Waals surface area contributed by atoms with Crippen LogP contribution in [0.1, 0.15) is 19.4 Å². The molecule has 0 aliphatic heterocycles. The van der Waals surface area contributed by atoms with Crippen LogP contribution in [0.2, 0.25) is 0 Å². The first-order valence-corrected chi connectivity index (χ1v) is 6.38. The van der Waals surface area contributed by atoms with Crippen molar-refractivity contribution >= 4 is 5.97 Å². The van der Waals surface area contributed by atoms with Crippen LogP contribution in [0.3, 0.4) is 0 Å². The van der Waals surface area contributed by atoms with Crippen LogP contribution < -0.4 is 5.69 Å². The highest BCUT2D eigenvalue weighted by molar-refractivity contribution is 5.74. The molecule has 0 bridgehead atoms. The second kappa shape index (κ2) is 5.00. The van der Waals surface area contributed by atoms with Crippen molar-refractivity contribution in [2.45, 2.75) is 20.3 Å². The van der Waals surface area contributed by atoms with Crippen molar-refractivity contribution < 1.29 is 9.90 Å². The van der Waals surface area contributed by atoms with Crippen molar-refractivity contribution in [3.05, 3.63) is 52.7 Å². The molecule has 0 aliphatic carbocycles. The van der Waals surface area contributed by atoms with Gasteiger partial charge in [0, 0.05) is 19.4 Å². The number of aromatic nitrogens is 2. The van der Waals surface area contributed by atoms with Crippen molar-refractivity contribution in [1.29, 1.82) is 0 Å². The lowest BCUT2D eigenvalue weighted by atomic mass is 9.86. The molecule has 5 heteroatoms. The number of carboxylic acids is 1. The molecule has 0 saturated carbocycles. The van der Waals surface area contributed by atoms with Gasteiger partial charge >= 0.3 is 11.7 Å². The molecule has 106 valence electrons. The van der Waals surface area contributed by atoms with Gasteiger partial charge in [-0.3, -0.25) is 9.36 Å². The smallest absolute Gasteiger partial charge is 0.332 e. The van der Waals surface area contributed by atoms with E-state index in [0.717, 1.165) is 11.3 Å². The molecule has 0 aliphatic rings. The summed E-state index contributed by atoms with van der Waals surface area (Å²) < 4.78 is 3.05. The molecule has 2 aromatic rings. The van der Waals surface area contributed by atoms with Gasteiger partial charge in [-0.25, -0.2) is 4.79 Å². The second-order valence-corrected chi connectivity index (χ2v) is 5.59. The highest BCUT2D eigenvalue weighted by atomic mass is 16.4. The Balaban J connectivity index is 2.25. The topological polar surface area (TPSA) is 64.2 Å². The molecule has 0 spiro atoms. The summed E-state index contributed by atoms with van der Waals surface area (Å²) >= 11 is 0. The summed E-state index contributed by atoms with van der Waals surface area (Å²) in [5.41, 5.74) is 0.798. The van der Waals surface area contributed by atoms with Gasteiger partial charge in [-0.05, 0) is 38.0 Å². The zero-order chi connectivity index (χ0) is 14.9. The third-order valence-corrected chi connectivity index (χ3v) is 3.39. The van der Waals surface area contributed by atoms with Crippen LogP contribution in [0.5, 0.6) is 0 Å². The van der Waals surface area contributed by atoms with Crippen LogP contribution in [0, 0.1) is 5.41 Å². The molecule has 0 atom stereocenters. The maximum Gasteiger partial charge on any atom is 0.332 e. The van der Waals surface area contributed by atoms with Crippen LogP contribution in [0.15, 0.2) is 41.5 Å². The normalized spacial score (nSPS) is 11.6. The Hall–Kier alpha value is -2.30. The molecule has 0 saturated heterocycles. The predicted octanol–water partition coefficient (Wildman–Crippen LogP) is 1.83. The molecule has 2 rings (SSSR count). The molecule has 1 aromatic carbocycles. The third-order valence-electron chi connectivity index (χ3n) is 3.39. The van der Waals surface area contributed by atoms with Gasteiger partial charge in [-0.1, -0.05) is 12.1 Å². The summed E-state index contributed by atoms with van der Waals surface area (Å²) in [6.07, 6.45) is 3.86. The Kier molecular flexibility index (Phi) is 3.53. The second-order valence-electron chi connectivity index (χ2n) is 5.59. The molecule has 1 aromatic heterocycles. The van der Waals surface area contributed by atoms with E-state index in [1.54, 1.807) is 37.9 Å². The number of nitrogens with zero attached hydrogens (tertiary/aromatic N) is 2. The monoisotopic (exact) mass is 274 g/mol. The summed E-state index contributed by atoms with van der Waals surface area (Å²) in [6.45, 7) is 3.40. The van der Waals surface area contributed by atoms with Crippen LogP contribution >= 0.6 is 0 Å². The number of hydrogen-bond donors (Lipinski definition) is 1. The molecule has 0 unspecified atom stereocenters. The number of imidazole rings is 1. The van der Waals surface area contributed by atoms with Gasteiger partial charge < -0.3 is 9.67 Å². The molecule has 0 fully saturated rings. The first-order valence-electron chi connectivity index (χ1n) is 6.38. The van der Waals surface area contributed by atoms with Crippen LogP contribution in [-0.4, -0.2) is 20.2 Å². The fourth-order valence-electron chi connectivity index (χ4n) is 2.02. The fourth-order valence-corrected chi connectivity index (χ4v) is 2.02. The van der Waals surface area contributed by atoms with Crippen molar-refractivity contribution in [2.24, 2.45) is 12.5 Å². The van der Waals surface area contributed by atoms with E-state index in [2.05, 4.69) is 0 Å². The summed E-state index contributed by atoms with van der Waals surface area (Å²) in [7, 11) is 1.70. The largest absolute Gasteiger partial charge is 0.481 e. The third kappa shape index (κ3) is 2.66. The van der Waals surface area contributed by atoms with Crippen LogP contribution in [0.25, 0.3) is 5.69 Å². The molecule has 0 radical (unpaired) electrons. The van der Waals surface area contributed by atoms with Gasteiger partial charge in [-0.2, -0.15) is 0 Å². The Morgan fingerprint density at radius 2 is 1.80 bits per heavy atom. The van der Waals surface area contributed by atoms with Gasteiger partial charge in [0.15, 0.2) is 0 Å². The fraction of sp³-hybridized carbons (Fsp3) is 0.333. The number of carbonyl (C=O) groups is 1. The minimum atomic E-state index is -0.819. The van der Waals surface area contributed by atoms with Gasteiger partial charge in [0.1, 0.15) is 0 Å². The van der Waals surface area contributed by atoms with E-state index in [-0.39, 0.29) is 5.69 Å². The summed E-state index contributed by atoms with van der Waals surface area (Å²) in [4.78, 5) is 22.9. The standard InChI is InChI=1S/C15H18N2O3/c1-15(2,13(18)19)10-11-4-6-12(7-5-11)17-9-8-16(3)14(17)20/h4-9H,10H2,1-3H3,(H,18,19). The molecular weight excluding hydrogens is 256 g/mol. The molecule has 0 amide bonds. The quantitative estimate of drug-likeness (QED) is 0.925. The van der Waals surface area contributed by atoms with Gasteiger partial charge in [0.05, 0.1) is 11.1 Å². The Morgan fingerprint density at radius 1 is 1.20 bits per heavy atom. The van der Waals surface area contributed by atoms with Crippen molar-refractivity contribution in [3.8, 4) is 5.69 Å². The number of aryl methyl sites for hydroxylation is 1. The van der Waals surface area contributed by atoms with Gasteiger partial charge in [-0.15, -0.1) is 0 Å². The van der Waals surface area contributed by atoms with E-state index >= 15 is 0 Å². The minimum Gasteiger partial charge on any atom is -0.481 e. The average Bonchev–Trinajstić information content (AvgIpc) is 2.71. The number of rotatable bonds is 4. The van der Waals surface area contributed by atoms with Crippen molar-refractivity contribution in [3.63, 3.8) is 0 Å². The Labute approximate surface area is 117 Å².